The third-order valence-corrected chi connectivity index (χ3v) is 4.29. The molecule has 0 aliphatic heterocycles. The average Bonchev–Trinajstić information content (AvgIpc) is 2.48. The van der Waals surface area contributed by atoms with Crippen molar-refractivity contribution >= 4 is 23.5 Å². The standard InChI is InChI=1S/C18H22N2OS/c1-14(12-15-8-5-4-6-9-15)22-17-11-7-10-16(13-17)19-18(21)20(2)3/h4-11,13-14H,12H2,1-3H3,(H,19,21). The van der Waals surface area contributed by atoms with Gasteiger partial charge >= 0.3 is 6.03 Å². The van der Waals surface area contributed by atoms with Gasteiger partial charge in [0.15, 0.2) is 0 Å². The maximum atomic E-state index is 11.7. The monoisotopic (exact) mass is 314 g/mol. The van der Waals surface area contributed by atoms with Gasteiger partial charge < -0.3 is 10.2 Å². The summed E-state index contributed by atoms with van der Waals surface area (Å²) in [4.78, 5) is 14.4. The van der Waals surface area contributed by atoms with E-state index in [-0.39, 0.29) is 6.03 Å². The predicted octanol–water partition coefficient (Wildman–Crippen LogP) is 4.50. The Hall–Kier alpha value is -1.94. The van der Waals surface area contributed by atoms with Gasteiger partial charge in [0.2, 0.25) is 0 Å². The predicted molar refractivity (Wildman–Crippen MR) is 94.6 cm³/mol. The minimum absolute atomic E-state index is 0.112. The number of amides is 2. The van der Waals surface area contributed by atoms with Gasteiger partial charge in [-0.15, -0.1) is 11.8 Å². The summed E-state index contributed by atoms with van der Waals surface area (Å²) >= 11 is 1.82. The van der Waals surface area contributed by atoms with Crippen molar-refractivity contribution in [3.8, 4) is 0 Å². The molecule has 1 N–H and O–H groups in total. The number of hydrogen-bond acceptors (Lipinski definition) is 2. The van der Waals surface area contributed by atoms with Crippen LogP contribution in [-0.2, 0) is 6.42 Å². The second-order valence-electron chi connectivity index (χ2n) is 5.47. The van der Waals surface area contributed by atoms with Gasteiger partial charge in [-0.25, -0.2) is 4.79 Å². The van der Waals surface area contributed by atoms with Crippen LogP contribution >= 0.6 is 11.8 Å². The summed E-state index contributed by atoms with van der Waals surface area (Å²) in [5, 5.41) is 3.35. The van der Waals surface area contributed by atoms with E-state index in [1.54, 1.807) is 14.1 Å². The highest BCUT2D eigenvalue weighted by atomic mass is 32.2. The zero-order valence-corrected chi connectivity index (χ0v) is 14.1. The number of carbonyl (C=O) groups excluding carboxylic acids is 1. The lowest BCUT2D eigenvalue weighted by Gasteiger charge is -2.14. The molecule has 116 valence electrons. The summed E-state index contributed by atoms with van der Waals surface area (Å²) < 4.78 is 0. The first-order chi connectivity index (χ1) is 10.5. The minimum atomic E-state index is -0.112. The van der Waals surface area contributed by atoms with Crippen molar-refractivity contribution in [3.05, 3.63) is 60.2 Å². The van der Waals surface area contributed by atoms with Crippen LogP contribution in [0.3, 0.4) is 0 Å². The molecule has 4 heteroatoms. The van der Waals surface area contributed by atoms with Gasteiger partial charge in [-0.3, -0.25) is 0 Å². The van der Waals surface area contributed by atoms with Gasteiger partial charge in [0.05, 0.1) is 0 Å². The Morgan fingerprint density at radius 3 is 2.55 bits per heavy atom. The molecule has 0 saturated carbocycles. The van der Waals surface area contributed by atoms with Crippen LogP contribution in [-0.4, -0.2) is 30.3 Å². The summed E-state index contributed by atoms with van der Waals surface area (Å²) in [6, 6.07) is 18.4. The lowest BCUT2D eigenvalue weighted by Crippen LogP contribution is -2.27. The Bertz CT molecular complexity index is 613. The van der Waals surface area contributed by atoms with Crippen LogP contribution in [0.1, 0.15) is 12.5 Å². The molecule has 2 amide bonds. The maximum Gasteiger partial charge on any atom is 0.321 e. The van der Waals surface area contributed by atoms with Gasteiger partial charge in [0.1, 0.15) is 0 Å². The third kappa shape index (κ3) is 5.11. The van der Waals surface area contributed by atoms with Gasteiger partial charge in [-0.05, 0) is 30.2 Å². The fourth-order valence-corrected chi connectivity index (χ4v) is 3.19. The van der Waals surface area contributed by atoms with E-state index < -0.39 is 0 Å². The summed E-state index contributed by atoms with van der Waals surface area (Å²) in [5.74, 6) is 0. The van der Waals surface area contributed by atoms with Crippen LogP contribution in [0.15, 0.2) is 59.5 Å². The van der Waals surface area contributed by atoms with Gasteiger partial charge in [-0.2, -0.15) is 0 Å². The molecule has 3 nitrogen and oxygen atoms in total. The first-order valence-corrected chi connectivity index (χ1v) is 8.21. The lowest BCUT2D eigenvalue weighted by molar-refractivity contribution is 0.230. The van der Waals surface area contributed by atoms with Crippen LogP contribution in [0.25, 0.3) is 0 Å². The van der Waals surface area contributed by atoms with E-state index in [1.807, 2.05) is 36.0 Å². The number of hydrogen-bond donors (Lipinski definition) is 1. The zero-order chi connectivity index (χ0) is 15.9. The van der Waals surface area contributed by atoms with Crippen molar-refractivity contribution in [1.29, 1.82) is 0 Å². The largest absolute Gasteiger partial charge is 0.331 e. The van der Waals surface area contributed by atoms with Gasteiger partial charge in [0, 0.05) is 29.9 Å². The molecule has 0 radical (unpaired) electrons. The fraction of sp³-hybridized carbons (Fsp3) is 0.278. The number of thioether (sulfide) groups is 1. The van der Waals surface area contributed by atoms with Crippen molar-refractivity contribution in [2.75, 3.05) is 19.4 Å². The van der Waals surface area contributed by atoms with Crippen molar-refractivity contribution in [3.63, 3.8) is 0 Å². The molecule has 0 aromatic heterocycles. The Morgan fingerprint density at radius 1 is 1.14 bits per heavy atom. The van der Waals surface area contributed by atoms with E-state index in [9.17, 15) is 4.79 Å². The van der Waals surface area contributed by atoms with E-state index in [0.29, 0.717) is 5.25 Å². The molecule has 1 unspecified atom stereocenters. The van der Waals surface area contributed by atoms with Gasteiger partial charge in [-0.1, -0.05) is 43.3 Å². The summed E-state index contributed by atoms with van der Waals surface area (Å²) in [6.07, 6.45) is 1.03. The van der Waals surface area contributed by atoms with Crippen LogP contribution in [0, 0.1) is 0 Å². The molecule has 2 rings (SSSR count). The van der Waals surface area contributed by atoms with E-state index in [1.165, 1.54) is 15.4 Å². The Balaban J connectivity index is 1.96. The molecular formula is C18H22N2OS. The quantitative estimate of drug-likeness (QED) is 0.824. The molecule has 0 aliphatic carbocycles. The maximum absolute atomic E-state index is 11.7. The molecule has 22 heavy (non-hydrogen) atoms. The van der Waals surface area contributed by atoms with Crippen LogP contribution in [0.2, 0.25) is 0 Å². The molecule has 0 aliphatic rings. The van der Waals surface area contributed by atoms with Crippen LogP contribution < -0.4 is 5.32 Å². The van der Waals surface area contributed by atoms with Crippen molar-refractivity contribution < 1.29 is 4.79 Å². The molecule has 0 bridgehead atoms. The fourth-order valence-electron chi connectivity index (χ4n) is 2.10. The summed E-state index contributed by atoms with van der Waals surface area (Å²) in [6.45, 7) is 2.22. The highest BCUT2D eigenvalue weighted by molar-refractivity contribution is 8.00. The van der Waals surface area contributed by atoms with Crippen molar-refractivity contribution in [2.45, 2.75) is 23.5 Å². The Labute approximate surface area is 136 Å². The third-order valence-electron chi connectivity index (χ3n) is 3.19. The zero-order valence-electron chi connectivity index (χ0n) is 13.2. The molecular weight excluding hydrogens is 292 g/mol. The topological polar surface area (TPSA) is 32.3 Å². The Kier molecular flexibility index (Phi) is 5.90. The van der Waals surface area contributed by atoms with Crippen LogP contribution in [0.5, 0.6) is 0 Å². The number of carbonyl (C=O) groups is 1. The highest BCUT2D eigenvalue weighted by Crippen LogP contribution is 2.27. The number of rotatable bonds is 5. The molecule has 0 spiro atoms. The number of anilines is 1. The lowest BCUT2D eigenvalue weighted by atomic mass is 10.1. The molecule has 0 heterocycles. The van der Waals surface area contributed by atoms with Gasteiger partial charge in [0.25, 0.3) is 0 Å². The number of nitrogens with zero attached hydrogens (tertiary/aromatic N) is 1. The Morgan fingerprint density at radius 2 is 1.86 bits per heavy atom. The average molecular weight is 314 g/mol. The first-order valence-electron chi connectivity index (χ1n) is 7.33. The second-order valence-corrected chi connectivity index (χ2v) is 6.98. The summed E-state index contributed by atoms with van der Waals surface area (Å²) in [7, 11) is 3.46. The molecule has 1 atom stereocenters. The number of urea groups is 1. The van der Waals surface area contributed by atoms with Crippen molar-refractivity contribution in [1.82, 2.24) is 4.90 Å². The van der Waals surface area contributed by atoms with E-state index in [2.05, 4.69) is 42.6 Å². The molecule has 0 saturated heterocycles. The normalized spacial score (nSPS) is 11.8. The number of nitrogens with one attached hydrogen (secondary N) is 1. The number of benzene rings is 2. The van der Waals surface area contributed by atoms with E-state index in [4.69, 9.17) is 0 Å². The van der Waals surface area contributed by atoms with E-state index >= 15 is 0 Å². The molecule has 2 aromatic rings. The smallest absolute Gasteiger partial charge is 0.321 e. The molecule has 0 fully saturated rings. The minimum Gasteiger partial charge on any atom is -0.331 e. The highest BCUT2D eigenvalue weighted by Gasteiger charge is 2.08. The first kappa shape index (κ1) is 16.4. The molecule has 2 aromatic carbocycles. The summed E-state index contributed by atoms with van der Waals surface area (Å²) in [5.41, 5.74) is 2.18. The second kappa shape index (κ2) is 7.90. The van der Waals surface area contributed by atoms with Crippen LogP contribution in [0.4, 0.5) is 10.5 Å². The van der Waals surface area contributed by atoms with Crippen molar-refractivity contribution in [2.24, 2.45) is 0 Å². The van der Waals surface area contributed by atoms with E-state index in [0.717, 1.165) is 12.1 Å². The SMILES string of the molecule is CC(Cc1ccccc1)Sc1cccc(NC(=O)N(C)C)c1.